The Bertz CT molecular complexity index is 542. The van der Waals surface area contributed by atoms with E-state index in [1.54, 1.807) is 0 Å². The first kappa shape index (κ1) is 14.2. The lowest BCUT2D eigenvalue weighted by molar-refractivity contribution is 0.421. The van der Waals surface area contributed by atoms with Gasteiger partial charge in [0.05, 0.1) is 18.4 Å². The Hall–Kier alpha value is -1.20. The lowest BCUT2D eigenvalue weighted by atomic mass is 10.1. The second kappa shape index (κ2) is 5.84. The maximum absolute atomic E-state index is 4.18. The average Bonchev–Trinajstić information content (AvgIpc) is 2.77. The first-order valence-corrected chi connectivity index (χ1v) is 7.11. The van der Waals surface area contributed by atoms with Crippen LogP contribution in [0.2, 0.25) is 0 Å². The van der Waals surface area contributed by atoms with Crippen LogP contribution in [0.3, 0.4) is 0 Å². The molecule has 0 saturated heterocycles. The predicted molar refractivity (Wildman–Crippen MR) is 79.9 cm³/mol. The van der Waals surface area contributed by atoms with E-state index in [9.17, 15) is 0 Å². The van der Waals surface area contributed by atoms with Gasteiger partial charge in [-0.1, -0.05) is 39.3 Å². The molecular weight excluding hydrogens is 304 g/mol. The molecule has 19 heavy (non-hydrogen) atoms. The van der Waals surface area contributed by atoms with Crippen LogP contribution in [0.5, 0.6) is 0 Å². The van der Waals surface area contributed by atoms with Gasteiger partial charge in [-0.2, -0.15) is 0 Å². The summed E-state index contributed by atoms with van der Waals surface area (Å²) in [5.74, 6) is 0. The summed E-state index contributed by atoms with van der Waals surface area (Å²) in [4.78, 5) is 0. The van der Waals surface area contributed by atoms with Gasteiger partial charge in [-0.25, -0.2) is 4.68 Å². The van der Waals surface area contributed by atoms with Gasteiger partial charge in [0.1, 0.15) is 0 Å². The Morgan fingerprint density at radius 1 is 1.26 bits per heavy atom. The van der Waals surface area contributed by atoms with Crippen LogP contribution < -0.4 is 5.32 Å². The third-order valence-corrected chi connectivity index (χ3v) is 3.45. The van der Waals surface area contributed by atoms with Gasteiger partial charge < -0.3 is 5.32 Å². The summed E-state index contributed by atoms with van der Waals surface area (Å²) in [5.41, 5.74) is 2.25. The first-order valence-electron chi connectivity index (χ1n) is 6.31. The van der Waals surface area contributed by atoms with Crippen molar-refractivity contribution >= 4 is 15.9 Å². The maximum Gasteiger partial charge on any atom is 0.0965 e. The average molecular weight is 323 g/mol. The summed E-state index contributed by atoms with van der Waals surface area (Å²) in [6, 6.07) is 8.15. The SMILES string of the molecule is CC(C)(C)NCc1cn(Cc2ccccc2Br)nn1. The van der Waals surface area contributed by atoms with Crippen molar-refractivity contribution in [2.75, 3.05) is 0 Å². The smallest absolute Gasteiger partial charge is 0.0965 e. The van der Waals surface area contributed by atoms with Crippen molar-refractivity contribution < 1.29 is 0 Å². The quantitative estimate of drug-likeness (QED) is 0.941. The van der Waals surface area contributed by atoms with Gasteiger partial charge in [-0.3, -0.25) is 0 Å². The minimum Gasteiger partial charge on any atom is -0.306 e. The second-order valence-corrected chi connectivity index (χ2v) is 6.46. The fourth-order valence-electron chi connectivity index (χ4n) is 1.65. The van der Waals surface area contributed by atoms with Crippen molar-refractivity contribution in [3.63, 3.8) is 0 Å². The molecule has 0 aliphatic rings. The van der Waals surface area contributed by atoms with Crippen LogP contribution in [0.1, 0.15) is 32.0 Å². The Labute approximate surface area is 122 Å². The topological polar surface area (TPSA) is 42.7 Å². The Balaban J connectivity index is 2.00. The molecule has 4 nitrogen and oxygen atoms in total. The van der Waals surface area contributed by atoms with E-state index in [1.807, 2.05) is 29.1 Å². The van der Waals surface area contributed by atoms with Crippen molar-refractivity contribution in [1.29, 1.82) is 0 Å². The van der Waals surface area contributed by atoms with E-state index in [0.29, 0.717) is 0 Å². The maximum atomic E-state index is 4.18. The molecule has 102 valence electrons. The number of nitrogens with one attached hydrogen (secondary N) is 1. The van der Waals surface area contributed by atoms with Crippen molar-refractivity contribution in [2.45, 2.75) is 39.4 Å². The summed E-state index contributed by atoms with van der Waals surface area (Å²) >= 11 is 3.54. The number of halogens is 1. The van der Waals surface area contributed by atoms with Gasteiger partial charge in [-0.15, -0.1) is 5.10 Å². The van der Waals surface area contributed by atoms with E-state index in [2.05, 4.69) is 58.4 Å². The summed E-state index contributed by atoms with van der Waals surface area (Å²) < 4.78 is 2.96. The van der Waals surface area contributed by atoms with E-state index >= 15 is 0 Å². The Kier molecular flexibility index (Phi) is 4.37. The summed E-state index contributed by atoms with van der Waals surface area (Å²) in [5, 5.41) is 11.7. The molecule has 0 spiro atoms. The van der Waals surface area contributed by atoms with Crippen LogP contribution in [0.15, 0.2) is 34.9 Å². The molecule has 2 aromatic rings. The van der Waals surface area contributed by atoms with Gasteiger partial charge in [0, 0.05) is 16.6 Å². The number of hydrogen-bond acceptors (Lipinski definition) is 3. The molecule has 0 atom stereocenters. The lowest BCUT2D eigenvalue weighted by Crippen LogP contribution is -2.35. The molecule has 0 aliphatic heterocycles. The first-order chi connectivity index (χ1) is 8.94. The minimum atomic E-state index is 0.0895. The number of benzene rings is 1. The Morgan fingerprint density at radius 2 is 2.00 bits per heavy atom. The van der Waals surface area contributed by atoms with Gasteiger partial charge in [0.25, 0.3) is 0 Å². The number of hydrogen-bond donors (Lipinski definition) is 1. The number of nitrogens with zero attached hydrogens (tertiary/aromatic N) is 3. The highest BCUT2D eigenvalue weighted by Gasteiger charge is 2.10. The van der Waals surface area contributed by atoms with Gasteiger partial charge in [0.2, 0.25) is 0 Å². The molecule has 1 aromatic carbocycles. The van der Waals surface area contributed by atoms with Gasteiger partial charge in [-0.05, 0) is 32.4 Å². The minimum absolute atomic E-state index is 0.0895. The van der Waals surface area contributed by atoms with E-state index in [0.717, 1.165) is 23.3 Å². The molecular formula is C14H19BrN4. The fraction of sp³-hybridized carbons (Fsp3) is 0.429. The van der Waals surface area contributed by atoms with Crippen LogP contribution in [0, 0.1) is 0 Å². The highest BCUT2D eigenvalue weighted by molar-refractivity contribution is 9.10. The van der Waals surface area contributed by atoms with Crippen molar-refractivity contribution in [3.05, 3.63) is 46.2 Å². The molecule has 0 fully saturated rings. The zero-order valence-electron chi connectivity index (χ0n) is 11.5. The third-order valence-electron chi connectivity index (χ3n) is 2.68. The normalized spacial score (nSPS) is 11.8. The molecule has 0 radical (unpaired) electrons. The molecule has 2 rings (SSSR count). The molecule has 0 aliphatic carbocycles. The van der Waals surface area contributed by atoms with E-state index in [1.165, 1.54) is 5.56 Å². The van der Waals surface area contributed by atoms with E-state index in [-0.39, 0.29) is 5.54 Å². The second-order valence-electron chi connectivity index (χ2n) is 5.60. The summed E-state index contributed by atoms with van der Waals surface area (Å²) in [6.45, 7) is 7.87. The molecule has 0 unspecified atom stereocenters. The zero-order chi connectivity index (χ0) is 13.9. The molecule has 0 bridgehead atoms. The lowest BCUT2D eigenvalue weighted by Gasteiger charge is -2.19. The van der Waals surface area contributed by atoms with Crippen LogP contribution in [-0.4, -0.2) is 20.5 Å². The van der Waals surface area contributed by atoms with Crippen LogP contribution in [0.25, 0.3) is 0 Å². The highest BCUT2D eigenvalue weighted by Crippen LogP contribution is 2.16. The van der Waals surface area contributed by atoms with Crippen LogP contribution >= 0.6 is 15.9 Å². The van der Waals surface area contributed by atoms with Crippen molar-refractivity contribution in [1.82, 2.24) is 20.3 Å². The van der Waals surface area contributed by atoms with Crippen LogP contribution in [0.4, 0.5) is 0 Å². The Morgan fingerprint density at radius 3 is 2.68 bits per heavy atom. The molecule has 0 amide bonds. The van der Waals surface area contributed by atoms with Crippen LogP contribution in [-0.2, 0) is 13.1 Å². The third kappa shape index (κ3) is 4.44. The summed E-state index contributed by atoms with van der Waals surface area (Å²) in [7, 11) is 0. The van der Waals surface area contributed by atoms with E-state index < -0.39 is 0 Å². The fourth-order valence-corrected chi connectivity index (χ4v) is 2.06. The number of rotatable bonds is 4. The van der Waals surface area contributed by atoms with E-state index in [4.69, 9.17) is 0 Å². The van der Waals surface area contributed by atoms with Gasteiger partial charge in [0.15, 0.2) is 0 Å². The molecule has 1 heterocycles. The molecule has 5 heteroatoms. The summed E-state index contributed by atoms with van der Waals surface area (Å²) in [6.07, 6.45) is 1.98. The molecule has 1 N–H and O–H groups in total. The number of aromatic nitrogens is 3. The molecule has 1 aromatic heterocycles. The molecule has 0 saturated carbocycles. The van der Waals surface area contributed by atoms with Gasteiger partial charge >= 0.3 is 0 Å². The van der Waals surface area contributed by atoms with Crippen molar-refractivity contribution in [2.24, 2.45) is 0 Å². The largest absolute Gasteiger partial charge is 0.306 e. The zero-order valence-corrected chi connectivity index (χ0v) is 13.1. The predicted octanol–water partition coefficient (Wildman–Crippen LogP) is 2.98. The standard InChI is InChI=1S/C14H19BrN4/c1-14(2,3)16-8-12-10-19(18-17-12)9-11-6-4-5-7-13(11)15/h4-7,10,16H,8-9H2,1-3H3. The monoisotopic (exact) mass is 322 g/mol. The van der Waals surface area contributed by atoms with Crippen molar-refractivity contribution in [3.8, 4) is 0 Å². The highest BCUT2D eigenvalue weighted by atomic mass is 79.9.